The maximum absolute atomic E-state index is 11.4. The largest absolute Gasteiger partial charge is 0.354 e. The minimum atomic E-state index is -0.361. The Bertz CT molecular complexity index is 188. The molecule has 0 unspecified atom stereocenters. The molecule has 0 aliphatic rings. The first-order chi connectivity index (χ1) is 6.57. The van der Waals surface area contributed by atoms with E-state index in [2.05, 4.69) is 19.2 Å². The van der Waals surface area contributed by atoms with Gasteiger partial charge in [-0.15, -0.1) is 0 Å². The summed E-state index contributed by atoms with van der Waals surface area (Å²) in [5, 5.41) is 2.81. The summed E-state index contributed by atoms with van der Waals surface area (Å²) in [6.07, 6.45) is 5.61. The average molecular weight is 198 g/mol. The first-order valence-corrected chi connectivity index (χ1v) is 5.22. The molecule has 0 aromatic heterocycles. The van der Waals surface area contributed by atoms with Gasteiger partial charge in [-0.05, 0) is 25.7 Å². The van der Waals surface area contributed by atoms with Crippen molar-refractivity contribution in [2.75, 3.05) is 6.54 Å². The minimum Gasteiger partial charge on any atom is -0.354 e. The van der Waals surface area contributed by atoms with Crippen LogP contribution in [0.15, 0.2) is 12.2 Å². The lowest BCUT2D eigenvalue weighted by atomic mass is 10.0. The molecule has 0 aliphatic heterocycles. The van der Waals surface area contributed by atoms with Gasteiger partial charge in [-0.2, -0.15) is 0 Å². The fraction of sp³-hybridized carbons (Fsp3) is 0.727. The van der Waals surface area contributed by atoms with Gasteiger partial charge in [0.15, 0.2) is 0 Å². The summed E-state index contributed by atoms with van der Waals surface area (Å²) in [6, 6.07) is -0.361. The first-order valence-electron chi connectivity index (χ1n) is 5.22. The highest BCUT2D eigenvalue weighted by molar-refractivity contribution is 5.81. The first kappa shape index (κ1) is 13.2. The predicted molar refractivity (Wildman–Crippen MR) is 59.9 cm³/mol. The zero-order valence-electron chi connectivity index (χ0n) is 9.42. The van der Waals surface area contributed by atoms with Crippen LogP contribution in [0.1, 0.15) is 33.6 Å². The van der Waals surface area contributed by atoms with E-state index in [1.165, 1.54) is 0 Å². The molecular weight excluding hydrogens is 176 g/mol. The van der Waals surface area contributed by atoms with Crippen molar-refractivity contribution in [3.05, 3.63) is 12.2 Å². The lowest BCUT2D eigenvalue weighted by Crippen LogP contribution is -2.41. The van der Waals surface area contributed by atoms with Crippen LogP contribution in [-0.2, 0) is 4.79 Å². The SMILES string of the molecule is C/C=C/CCNC(=O)[C@@H](N)CC(C)C. The molecule has 14 heavy (non-hydrogen) atoms. The molecule has 1 amide bonds. The molecular formula is C11H22N2O. The van der Waals surface area contributed by atoms with Crippen molar-refractivity contribution in [3.8, 4) is 0 Å². The quantitative estimate of drug-likeness (QED) is 0.501. The van der Waals surface area contributed by atoms with E-state index in [1.54, 1.807) is 0 Å². The second kappa shape index (κ2) is 7.56. The highest BCUT2D eigenvalue weighted by atomic mass is 16.2. The monoisotopic (exact) mass is 198 g/mol. The number of nitrogens with one attached hydrogen (secondary N) is 1. The van der Waals surface area contributed by atoms with E-state index in [0.717, 1.165) is 12.8 Å². The van der Waals surface area contributed by atoms with Crippen LogP contribution in [-0.4, -0.2) is 18.5 Å². The van der Waals surface area contributed by atoms with Crippen molar-refractivity contribution >= 4 is 5.91 Å². The maximum Gasteiger partial charge on any atom is 0.236 e. The lowest BCUT2D eigenvalue weighted by molar-refractivity contribution is -0.122. The highest BCUT2D eigenvalue weighted by Gasteiger charge is 2.13. The number of nitrogens with two attached hydrogens (primary N) is 1. The van der Waals surface area contributed by atoms with Crippen LogP contribution in [0.25, 0.3) is 0 Å². The number of carbonyl (C=O) groups is 1. The summed E-state index contributed by atoms with van der Waals surface area (Å²) in [6.45, 7) is 6.77. The third-order valence-electron chi connectivity index (χ3n) is 1.91. The predicted octanol–water partition coefficient (Wildman–Crippen LogP) is 1.44. The molecule has 82 valence electrons. The molecule has 0 saturated carbocycles. The number of hydrogen-bond acceptors (Lipinski definition) is 2. The van der Waals surface area contributed by atoms with Gasteiger partial charge in [0.1, 0.15) is 0 Å². The third kappa shape index (κ3) is 6.66. The van der Waals surface area contributed by atoms with Gasteiger partial charge in [-0.25, -0.2) is 0 Å². The van der Waals surface area contributed by atoms with E-state index in [-0.39, 0.29) is 11.9 Å². The Labute approximate surface area is 86.8 Å². The summed E-state index contributed by atoms with van der Waals surface area (Å²) in [5.41, 5.74) is 5.70. The van der Waals surface area contributed by atoms with Gasteiger partial charge in [-0.3, -0.25) is 4.79 Å². The average Bonchev–Trinajstić information content (AvgIpc) is 2.11. The zero-order chi connectivity index (χ0) is 11.0. The fourth-order valence-corrected chi connectivity index (χ4v) is 1.19. The smallest absolute Gasteiger partial charge is 0.236 e. The second-order valence-corrected chi connectivity index (χ2v) is 3.88. The highest BCUT2D eigenvalue weighted by Crippen LogP contribution is 2.02. The van der Waals surface area contributed by atoms with Crippen LogP contribution in [0.2, 0.25) is 0 Å². The standard InChI is InChI=1S/C11H22N2O/c1-4-5-6-7-13-11(14)10(12)8-9(2)3/h4-5,9-10H,6-8,12H2,1-3H3,(H,13,14)/b5-4+/t10-/m0/s1. The summed E-state index contributed by atoms with van der Waals surface area (Å²) < 4.78 is 0. The Morgan fingerprint density at radius 1 is 1.50 bits per heavy atom. The van der Waals surface area contributed by atoms with Crippen LogP contribution in [0, 0.1) is 5.92 Å². The van der Waals surface area contributed by atoms with Crippen molar-refractivity contribution in [2.45, 2.75) is 39.7 Å². The van der Waals surface area contributed by atoms with E-state index >= 15 is 0 Å². The Morgan fingerprint density at radius 2 is 2.14 bits per heavy atom. The van der Waals surface area contributed by atoms with Crippen LogP contribution >= 0.6 is 0 Å². The number of rotatable bonds is 6. The number of hydrogen-bond donors (Lipinski definition) is 2. The van der Waals surface area contributed by atoms with Crippen LogP contribution in [0.4, 0.5) is 0 Å². The number of amides is 1. The molecule has 0 saturated heterocycles. The number of allylic oxidation sites excluding steroid dienone is 1. The van der Waals surface area contributed by atoms with Crippen LogP contribution in [0.5, 0.6) is 0 Å². The van der Waals surface area contributed by atoms with E-state index in [0.29, 0.717) is 12.5 Å². The molecule has 0 rings (SSSR count). The Balaban J connectivity index is 3.62. The second-order valence-electron chi connectivity index (χ2n) is 3.88. The molecule has 1 atom stereocenters. The molecule has 3 nitrogen and oxygen atoms in total. The van der Waals surface area contributed by atoms with Gasteiger partial charge in [0.2, 0.25) is 5.91 Å². The van der Waals surface area contributed by atoms with E-state index in [9.17, 15) is 4.79 Å². The fourth-order valence-electron chi connectivity index (χ4n) is 1.19. The Kier molecular flexibility index (Phi) is 7.11. The molecule has 0 radical (unpaired) electrons. The van der Waals surface area contributed by atoms with Gasteiger partial charge in [-0.1, -0.05) is 26.0 Å². The number of carbonyl (C=O) groups excluding carboxylic acids is 1. The molecule has 3 heteroatoms. The van der Waals surface area contributed by atoms with Gasteiger partial charge >= 0.3 is 0 Å². The van der Waals surface area contributed by atoms with Gasteiger partial charge in [0, 0.05) is 6.54 Å². The molecule has 0 spiro atoms. The van der Waals surface area contributed by atoms with E-state index < -0.39 is 0 Å². The van der Waals surface area contributed by atoms with Crippen molar-refractivity contribution in [2.24, 2.45) is 11.7 Å². The maximum atomic E-state index is 11.4. The normalized spacial score (nSPS) is 13.5. The van der Waals surface area contributed by atoms with Crippen molar-refractivity contribution in [1.82, 2.24) is 5.32 Å². The van der Waals surface area contributed by atoms with Gasteiger partial charge in [0.05, 0.1) is 6.04 Å². The van der Waals surface area contributed by atoms with Crippen LogP contribution in [0.3, 0.4) is 0 Å². The molecule has 0 fully saturated rings. The summed E-state index contributed by atoms with van der Waals surface area (Å²) >= 11 is 0. The molecule has 0 aromatic rings. The van der Waals surface area contributed by atoms with E-state index in [4.69, 9.17) is 5.73 Å². The lowest BCUT2D eigenvalue weighted by Gasteiger charge is -2.13. The van der Waals surface area contributed by atoms with Crippen molar-refractivity contribution < 1.29 is 4.79 Å². The van der Waals surface area contributed by atoms with Crippen molar-refractivity contribution in [1.29, 1.82) is 0 Å². The summed E-state index contributed by atoms with van der Waals surface area (Å²) in [4.78, 5) is 11.4. The van der Waals surface area contributed by atoms with Crippen LogP contribution < -0.4 is 11.1 Å². The van der Waals surface area contributed by atoms with E-state index in [1.807, 2.05) is 19.1 Å². The summed E-state index contributed by atoms with van der Waals surface area (Å²) in [5.74, 6) is 0.425. The zero-order valence-corrected chi connectivity index (χ0v) is 9.42. The third-order valence-corrected chi connectivity index (χ3v) is 1.91. The van der Waals surface area contributed by atoms with Gasteiger partial charge in [0.25, 0.3) is 0 Å². The summed E-state index contributed by atoms with van der Waals surface area (Å²) in [7, 11) is 0. The Morgan fingerprint density at radius 3 is 2.64 bits per heavy atom. The topological polar surface area (TPSA) is 55.1 Å². The molecule has 3 N–H and O–H groups in total. The molecule has 0 heterocycles. The Hall–Kier alpha value is -0.830. The molecule has 0 bridgehead atoms. The molecule has 0 aliphatic carbocycles. The van der Waals surface area contributed by atoms with Crippen molar-refractivity contribution in [3.63, 3.8) is 0 Å². The molecule has 0 aromatic carbocycles. The minimum absolute atomic E-state index is 0.0387. The van der Waals surface area contributed by atoms with Gasteiger partial charge < -0.3 is 11.1 Å².